The third-order valence-corrected chi connectivity index (χ3v) is 2.37. The number of furan rings is 1. The van der Waals surface area contributed by atoms with Crippen molar-refractivity contribution in [3.63, 3.8) is 0 Å². The molecule has 2 rings (SSSR count). The molecule has 3 nitrogen and oxygen atoms in total. The zero-order chi connectivity index (χ0) is 10.8. The predicted octanol–water partition coefficient (Wildman–Crippen LogP) is 2.86. The molecule has 0 aliphatic heterocycles. The van der Waals surface area contributed by atoms with Crippen LogP contribution in [0.25, 0.3) is 0 Å². The van der Waals surface area contributed by atoms with Crippen molar-refractivity contribution in [3.8, 4) is 0 Å². The average Bonchev–Trinajstić information content (AvgIpc) is 2.64. The Labute approximate surface area is 95.0 Å². The van der Waals surface area contributed by atoms with Gasteiger partial charge in [-0.1, -0.05) is 12.1 Å². The first kappa shape index (κ1) is 9.98. The molecule has 0 saturated carbocycles. The molecule has 0 radical (unpaired) electrons. The van der Waals surface area contributed by atoms with Crippen LogP contribution < -0.4 is 5.73 Å². The summed E-state index contributed by atoms with van der Waals surface area (Å²) < 4.78 is 5.70. The number of halogens is 1. The van der Waals surface area contributed by atoms with Crippen LogP contribution >= 0.6 is 15.9 Å². The monoisotopic (exact) mass is 265 g/mol. The van der Waals surface area contributed by atoms with E-state index in [9.17, 15) is 4.79 Å². The standard InChI is InChI=1S/C11H8BrNO2/c12-10-5-4-9(15-10)11(14)7-2-1-3-8(13)6-7/h1-6H,13H2. The van der Waals surface area contributed by atoms with Crippen LogP contribution in [-0.2, 0) is 0 Å². The highest BCUT2D eigenvalue weighted by atomic mass is 79.9. The number of rotatable bonds is 2. The topological polar surface area (TPSA) is 56.2 Å². The van der Waals surface area contributed by atoms with Gasteiger partial charge in [0, 0.05) is 11.3 Å². The summed E-state index contributed by atoms with van der Waals surface area (Å²) in [6.45, 7) is 0. The second-order valence-corrected chi connectivity index (χ2v) is 3.84. The smallest absolute Gasteiger partial charge is 0.228 e. The summed E-state index contributed by atoms with van der Waals surface area (Å²) >= 11 is 3.14. The molecular weight excluding hydrogens is 258 g/mol. The lowest BCUT2D eigenvalue weighted by molar-refractivity contribution is 0.101. The second-order valence-electron chi connectivity index (χ2n) is 3.06. The van der Waals surface area contributed by atoms with E-state index in [0.29, 0.717) is 21.7 Å². The van der Waals surface area contributed by atoms with Crippen molar-refractivity contribution in [2.24, 2.45) is 0 Å². The van der Waals surface area contributed by atoms with Crippen molar-refractivity contribution in [2.75, 3.05) is 5.73 Å². The molecule has 4 heteroatoms. The number of ketones is 1. The lowest BCUT2D eigenvalue weighted by Crippen LogP contribution is -2.00. The molecule has 76 valence electrons. The molecule has 2 N–H and O–H groups in total. The molecule has 0 aliphatic carbocycles. The normalized spacial score (nSPS) is 10.2. The summed E-state index contributed by atoms with van der Waals surface area (Å²) in [7, 11) is 0. The van der Waals surface area contributed by atoms with Gasteiger partial charge in [-0.3, -0.25) is 4.79 Å². The van der Waals surface area contributed by atoms with Crippen LogP contribution in [-0.4, -0.2) is 5.78 Å². The molecule has 0 saturated heterocycles. The van der Waals surface area contributed by atoms with Gasteiger partial charge in [0.05, 0.1) is 0 Å². The number of carbonyl (C=O) groups is 1. The van der Waals surface area contributed by atoms with Gasteiger partial charge in [0.2, 0.25) is 5.78 Å². The molecule has 1 aromatic carbocycles. The van der Waals surface area contributed by atoms with Gasteiger partial charge in [-0.2, -0.15) is 0 Å². The Bertz CT molecular complexity index is 505. The zero-order valence-electron chi connectivity index (χ0n) is 7.74. The molecular formula is C11H8BrNO2. The van der Waals surface area contributed by atoms with Crippen LogP contribution in [0.15, 0.2) is 45.5 Å². The molecule has 0 aliphatic rings. The van der Waals surface area contributed by atoms with Gasteiger partial charge in [-0.25, -0.2) is 0 Å². The van der Waals surface area contributed by atoms with E-state index in [1.807, 2.05) is 0 Å². The molecule has 0 spiro atoms. The Kier molecular flexibility index (Phi) is 2.60. The highest BCUT2D eigenvalue weighted by molar-refractivity contribution is 9.10. The summed E-state index contributed by atoms with van der Waals surface area (Å²) in [6, 6.07) is 10.1. The van der Waals surface area contributed by atoms with Crippen LogP contribution in [0.5, 0.6) is 0 Å². The molecule has 0 bridgehead atoms. The van der Waals surface area contributed by atoms with E-state index >= 15 is 0 Å². The molecule has 2 aromatic rings. The highest BCUT2D eigenvalue weighted by Crippen LogP contribution is 2.18. The third-order valence-electron chi connectivity index (χ3n) is 1.95. The van der Waals surface area contributed by atoms with Gasteiger partial charge in [-0.15, -0.1) is 0 Å². The fourth-order valence-electron chi connectivity index (χ4n) is 1.26. The van der Waals surface area contributed by atoms with Crippen molar-refractivity contribution < 1.29 is 9.21 Å². The number of benzene rings is 1. The van der Waals surface area contributed by atoms with Crippen molar-refractivity contribution in [1.82, 2.24) is 0 Å². The number of nitrogens with two attached hydrogens (primary N) is 1. The van der Waals surface area contributed by atoms with Crippen molar-refractivity contribution in [3.05, 3.63) is 52.4 Å². The molecule has 1 aromatic heterocycles. The molecule has 1 heterocycles. The number of hydrogen-bond acceptors (Lipinski definition) is 3. The van der Waals surface area contributed by atoms with Crippen LogP contribution in [0.1, 0.15) is 16.1 Å². The Balaban J connectivity index is 2.36. The maximum Gasteiger partial charge on any atom is 0.228 e. The van der Waals surface area contributed by atoms with E-state index in [1.54, 1.807) is 36.4 Å². The summed E-state index contributed by atoms with van der Waals surface area (Å²) in [6.07, 6.45) is 0. The first-order valence-electron chi connectivity index (χ1n) is 4.32. The van der Waals surface area contributed by atoms with Gasteiger partial charge >= 0.3 is 0 Å². The van der Waals surface area contributed by atoms with Crippen LogP contribution in [0.4, 0.5) is 5.69 Å². The number of hydrogen-bond donors (Lipinski definition) is 1. The molecule has 0 fully saturated rings. The van der Waals surface area contributed by atoms with Crippen LogP contribution in [0, 0.1) is 0 Å². The first-order chi connectivity index (χ1) is 7.16. The Morgan fingerprint density at radius 3 is 2.67 bits per heavy atom. The predicted molar refractivity (Wildman–Crippen MR) is 60.7 cm³/mol. The van der Waals surface area contributed by atoms with Crippen molar-refractivity contribution >= 4 is 27.4 Å². The SMILES string of the molecule is Nc1cccc(C(=O)c2ccc(Br)o2)c1. The van der Waals surface area contributed by atoms with E-state index in [2.05, 4.69) is 15.9 Å². The lowest BCUT2D eigenvalue weighted by Gasteiger charge is -1.98. The van der Waals surface area contributed by atoms with E-state index in [4.69, 9.17) is 10.2 Å². The van der Waals surface area contributed by atoms with Crippen LogP contribution in [0.2, 0.25) is 0 Å². The maximum atomic E-state index is 11.8. The van der Waals surface area contributed by atoms with E-state index in [1.165, 1.54) is 0 Å². The van der Waals surface area contributed by atoms with Crippen LogP contribution in [0.3, 0.4) is 0 Å². The van der Waals surface area contributed by atoms with Crippen molar-refractivity contribution in [2.45, 2.75) is 0 Å². The fraction of sp³-hybridized carbons (Fsp3) is 0. The number of anilines is 1. The fourth-order valence-corrected chi connectivity index (χ4v) is 1.57. The van der Waals surface area contributed by atoms with Gasteiger partial charge in [0.15, 0.2) is 10.4 Å². The summed E-state index contributed by atoms with van der Waals surface area (Å²) in [5, 5.41) is 0. The first-order valence-corrected chi connectivity index (χ1v) is 5.12. The molecule has 0 atom stereocenters. The number of carbonyl (C=O) groups excluding carboxylic acids is 1. The van der Waals surface area contributed by atoms with Gasteiger partial charge in [-0.05, 0) is 40.2 Å². The van der Waals surface area contributed by atoms with E-state index in [0.717, 1.165) is 0 Å². The van der Waals surface area contributed by atoms with Gasteiger partial charge < -0.3 is 10.2 Å². The molecule has 15 heavy (non-hydrogen) atoms. The Morgan fingerprint density at radius 2 is 2.07 bits per heavy atom. The van der Waals surface area contributed by atoms with E-state index < -0.39 is 0 Å². The average molecular weight is 266 g/mol. The largest absolute Gasteiger partial charge is 0.446 e. The summed E-state index contributed by atoms with van der Waals surface area (Å²) in [5.74, 6) is 0.125. The van der Waals surface area contributed by atoms with Crippen molar-refractivity contribution in [1.29, 1.82) is 0 Å². The summed E-state index contributed by atoms with van der Waals surface area (Å²) in [5.41, 5.74) is 6.67. The summed E-state index contributed by atoms with van der Waals surface area (Å²) in [4.78, 5) is 11.8. The minimum absolute atomic E-state index is 0.173. The Hall–Kier alpha value is -1.55. The quantitative estimate of drug-likeness (QED) is 0.671. The maximum absolute atomic E-state index is 11.8. The molecule has 0 amide bonds. The third kappa shape index (κ3) is 2.10. The van der Waals surface area contributed by atoms with Gasteiger partial charge in [0.1, 0.15) is 0 Å². The highest BCUT2D eigenvalue weighted by Gasteiger charge is 2.12. The minimum atomic E-state index is -0.173. The van der Waals surface area contributed by atoms with E-state index in [-0.39, 0.29) is 5.78 Å². The van der Waals surface area contributed by atoms with Gasteiger partial charge in [0.25, 0.3) is 0 Å². The second kappa shape index (κ2) is 3.90. The molecule has 0 unspecified atom stereocenters. The number of nitrogen functional groups attached to an aromatic ring is 1. The minimum Gasteiger partial charge on any atom is -0.446 e. The zero-order valence-corrected chi connectivity index (χ0v) is 9.32. The lowest BCUT2D eigenvalue weighted by atomic mass is 10.1. The Morgan fingerprint density at radius 1 is 1.27 bits per heavy atom.